The topological polar surface area (TPSA) is 59.1 Å². The second-order valence-electron chi connectivity index (χ2n) is 5.18. The highest BCUT2D eigenvalue weighted by atomic mass is 16.5. The summed E-state index contributed by atoms with van der Waals surface area (Å²) < 4.78 is 10.2. The van der Waals surface area contributed by atoms with Gasteiger partial charge in [0.15, 0.2) is 0 Å². The molecule has 1 saturated heterocycles. The van der Waals surface area contributed by atoms with Crippen molar-refractivity contribution in [1.82, 2.24) is 9.80 Å². The Morgan fingerprint density at radius 2 is 1.85 bits per heavy atom. The molecule has 0 saturated carbocycles. The molecule has 1 atom stereocenters. The normalized spacial score (nSPS) is 17.4. The lowest BCUT2D eigenvalue weighted by molar-refractivity contribution is -0.148. The molecule has 1 rings (SSSR count). The first-order chi connectivity index (χ1) is 9.47. The average molecular weight is 286 g/mol. The molecule has 0 spiro atoms. The molecule has 1 fully saturated rings. The third-order valence-corrected chi connectivity index (χ3v) is 3.46. The third-order valence-electron chi connectivity index (χ3n) is 3.46. The van der Waals surface area contributed by atoms with Gasteiger partial charge in [-0.1, -0.05) is 0 Å². The summed E-state index contributed by atoms with van der Waals surface area (Å²) in [5, 5.41) is 0. The monoisotopic (exact) mass is 286 g/mol. The second-order valence-corrected chi connectivity index (χ2v) is 5.18. The summed E-state index contributed by atoms with van der Waals surface area (Å²) in [7, 11) is 0. The van der Waals surface area contributed by atoms with Crippen LogP contribution in [0.15, 0.2) is 0 Å². The summed E-state index contributed by atoms with van der Waals surface area (Å²) in [6.45, 7) is 10.5. The van der Waals surface area contributed by atoms with Gasteiger partial charge in [0.2, 0.25) is 5.91 Å². The minimum atomic E-state index is -0.336. The number of hydrogen-bond acceptors (Lipinski definition) is 5. The number of nitrogens with zero attached hydrogens (tertiary/aromatic N) is 2. The Morgan fingerprint density at radius 1 is 1.25 bits per heavy atom. The highest BCUT2D eigenvalue weighted by Crippen LogP contribution is 2.10. The largest absolute Gasteiger partial charge is 0.465 e. The van der Waals surface area contributed by atoms with Crippen molar-refractivity contribution < 1.29 is 19.1 Å². The van der Waals surface area contributed by atoms with Crippen molar-refractivity contribution in [3.63, 3.8) is 0 Å². The van der Waals surface area contributed by atoms with Gasteiger partial charge in [-0.3, -0.25) is 14.5 Å². The van der Waals surface area contributed by atoms with Crippen molar-refractivity contribution in [2.24, 2.45) is 0 Å². The molecule has 0 radical (unpaired) electrons. The molecule has 0 aromatic rings. The van der Waals surface area contributed by atoms with Crippen molar-refractivity contribution in [3.05, 3.63) is 0 Å². The Bertz CT molecular complexity index is 327. The molecular formula is C14H26N2O4. The number of rotatable bonds is 6. The van der Waals surface area contributed by atoms with Gasteiger partial charge in [0, 0.05) is 19.1 Å². The van der Waals surface area contributed by atoms with E-state index in [1.807, 2.05) is 25.7 Å². The van der Waals surface area contributed by atoms with E-state index in [1.165, 1.54) is 0 Å². The molecule has 1 amide bonds. The van der Waals surface area contributed by atoms with Gasteiger partial charge in [-0.05, 0) is 27.7 Å². The number of morpholine rings is 1. The van der Waals surface area contributed by atoms with Crippen molar-refractivity contribution in [2.45, 2.75) is 39.8 Å². The van der Waals surface area contributed by atoms with Gasteiger partial charge in [0.05, 0.1) is 32.4 Å². The summed E-state index contributed by atoms with van der Waals surface area (Å²) in [6, 6.07) is -0.239. The number of esters is 1. The maximum Gasteiger partial charge on any atom is 0.320 e. The average Bonchev–Trinajstić information content (AvgIpc) is 2.44. The number of carbonyl (C=O) groups excluding carboxylic acids is 2. The Morgan fingerprint density at radius 3 is 2.35 bits per heavy atom. The van der Waals surface area contributed by atoms with Crippen molar-refractivity contribution >= 4 is 11.9 Å². The van der Waals surface area contributed by atoms with E-state index in [1.54, 1.807) is 11.8 Å². The zero-order chi connectivity index (χ0) is 15.1. The van der Waals surface area contributed by atoms with Gasteiger partial charge in [0.1, 0.15) is 0 Å². The maximum atomic E-state index is 12.5. The molecule has 0 bridgehead atoms. The Hall–Kier alpha value is -1.14. The minimum absolute atomic E-state index is 0.0475. The molecule has 1 aliphatic rings. The van der Waals surface area contributed by atoms with Crippen LogP contribution in [0.5, 0.6) is 0 Å². The fourth-order valence-electron chi connectivity index (χ4n) is 2.31. The molecular weight excluding hydrogens is 260 g/mol. The van der Waals surface area contributed by atoms with E-state index in [2.05, 4.69) is 0 Å². The van der Waals surface area contributed by atoms with Gasteiger partial charge >= 0.3 is 5.97 Å². The van der Waals surface area contributed by atoms with E-state index in [4.69, 9.17) is 9.47 Å². The van der Waals surface area contributed by atoms with Crippen molar-refractivity contribution in [2.75, 3.05) is 39.5 Å². The first-order valence-electron chi connectivity index (χ1n) is 7.25. The van der Waals surface area contributed by atoms with Crippen LogP contribution in [0.1, 0.15) is 27.7 Å². The molecule has 6 heteroatoms. The fraction of sp³-hybridized carbons (Fsp3) is 0.857. The van der Waals surface area contributed by atoms with Gasteiger partial charge < -0.3 is 14.4 Å². The summed E-state index contributed by atoms with van der Waals surface area (Å²) in [6.07, 6.45) is 0. The number of ether oxygens (including phenoxy) is 2. The van der Waals surface area contributed by atoms with Crippen LogP contribution in [0.25, 0.3) is 0 Å². The lowest BCUT2D eigenvalue weighted by atomic mass is 10.2. The molecule has 116 valence electrons. The van der Waals surface area contributed by atoms with Crippen LogP contribution >= 0.6 is 0 Å². The number of carbonyl (C=O) groups is 2. The lowest BCUT2D eigenvalue weighted by Crippen LogP contribution is -2.53. The Kier molecular flexibility index (Phi) is 6.95. The van der Waals surface area contributed by atoms with Gasteiger partial charge in [-0.25, -0.2) is 0 Å². The molecule has 0 aromatic carbocycles. The molecule has 6 nitrogen and oxygen atoms in total. The number of amides is 1. The SMILES string of the molecule is CCOC(=O)CN(C(C)C)C(C)C(=O)N1CCOCC1. The Balaban J connectivity index is 2.64. The van der Waals surface area contributed by atoms with E-state index in [9.17, 15) is 9.59 Å². The van der Waals surface area contributed by atoms with Gasteiger partial charge in [-0.15, -0.1) is 0 Å². The van der Waals surface area contributed by atoms with Crippen LogP contribution in [0, 0.1) is 0 Å². The van der Waals surface area contributed by atoms with Gasteiger partial charge in [-0.2, -0.15) is 0 Å². The molecule has 20 heavy (non-hydrogen) atoms. The van der Waals surface area contributed by atoms with E-state index in [0.29, 0.717) is 32.9 Å². The van der Waals surface area contributed by atoms with E-state index in [0.717, 1.165) is 0 Å². The quantitative estimate of drug-likeness (QED) is 0.666. The first-order valence-corrected chi connectivity index (χ1v) is 7.25. The summed E-state index contributed by atoms with van der Waals surface area (Å²) in [4.78, 5) is 27.8. The van der Waals surface area contributed by atoms with Crippen LogP contribution in [0.3, 0.4) is 0 Å². The van der Waals surface area contributed by atoms with Crippen molar-refractivity contribution in [1.29, 1.82) is 0 Å². The smallest absolute Gasteiger partial charge is 0.320 e. The lowest BCUT2D eigenvalue weighted by Gasteiger charge is -2.35. The van der Waals surface area contributed by atoms with Crippen molar-refractivity contribution in [3.8, 4) is 0 Å². The molecule has 1 aliphatic heterocycles. The molecule has 0 aromatic heterocycles. The van der Waals surface area contributed by atoms with Crippen LogP contribution in [0.4, 0.5) is 0 Å². The second kappa shape index (κ2) is 8.21. The van der Waals surface area contributed by atoms with Gasteiger partial charge in [0.25, 0.3) is 0 Å². The molecule has 0 N–H and O–H groups in total. The summed E-state index contributed by atoms with van der Waals surface area (Å²) in [5.41, 5.74) is 0. The van der Waals surface area contributed by atoms with Crippen LogP contribution in [-0.2, 0) is 19.1 Å². The standard InChI is InChI=1S/C14H26N2O4/c1-5-20-13(17)10-16(11(2)3)12(4)14(18)15-6-8-19-9-7-15/h11-12H,5-10H2,1-4H3. The molecule has 1 unspecified atom stereocenters. The zero-order valence-corrected chi connectivity index (χ0v) is 12.9. The minimum Gasteiger partial charge on any atom is -0.465 e. The molecule has 0 aliphatic carbocycles. The fourth-order valence-corrected chi connectivity index (χ4v) is 2.31. The van der Waals surface area contributed by atoms with E-state index in [-0.39, 0.29) is 30.5 Å². The third kappa shape index (κ3) is 4.76. The molecule has 1 heterocycles. The van der Waals surface area contributed by atoms with Crippen LogP contribution < -0.4 is 0 Å². The van der Waals surface area contributed by atoms with Crippen LogP contribution in [0.2, 0.25) is 0 Å². The highest BCUT2D eigenvalue weighted by Gasteiger charge is 2.30. The van der Waals surface area contributed by atoms with E-state index < -0.39 is 0 Å². The highest BCUT2D eigenvalue weighted by molar-refractivity contribution is 5.82. The first kappa shape index (κ1) is 16.9. The van der Waals surface area contributed by atoms with E-state index >= 15 is 0 Å². The van der Waals surface area contributed by atoms with Crippen LogP contribution in [-0.4, -0.2) is 73.2 Å². The number of hydrogen-bond donors (Lipinski definition) is 0. The predicted octanol–water partition coefficient (Wildman–Crippen LogP) is 0.507. The maximum absolute atomic E-state index is 12.5. The summed E-state index contributed by atoms with van der Waals surface area (Å²) in [5.74, 6) is -0.242. The predicted molar refractivity (Wildman–Crippen MR) is 75.3 cm³/mol. The Labute approximate surface area is 121 Å². The summed E-state index contributed by atoms with van der Waals surface area (Å²) >= 11 is 0. The zero-order valence-electron chi connectivity index (χ0n) is 12.9.